The van der Waals surface area contributed by atoms with Gasteiger partial charge in [0, 0.05) is 166 Å². The van der Waals surface area contributed by atoms with Crippen LogP contribution in [-0.2, 0) is 4.74 Å². The van der Waals surface area contributed by atoms with Gasteiger partial charge in [-0.25, -0.2) is 0 Å². The molecule has 0 amide bonds. The quantitative estimate of drug-likeness (QED) is 0.0834. The Morgan fingerprint density at radius 3 is 1.21 bits per heavy atom. The maximum Gasteiger partial charge on any atom is 0.143 e. The normalized spacial score (nSPS) is 20.4. The minimum Gasteiger partial charge on any atom is -0.490 e. The molecule has 1 aromatic carbocycles. The summed E-state index contributed by atoms with van der Waals surface area (Å²) in [6.45, 7) is 37.3. The lowest BCUT2D eigenvalue weighted by Crippen LogP contribution is -2.37. The van der Waals surface area contributed by atoms with Gasteiger partial charge < -0.3 is 59.7 Å². The lowest BCUT2D eigenvalue weighted by atomic mass is 9.74. The Balaban J connectivity index is 0.000000186. The number of thioether (sulfide) groups is 1. The van der Waals surface area contributed by atoms with Gasteiger partial charge in [-0.05, 0) is 279 Å². The molecule has 5 saturated heterocycles. The highest BCUT2D eigenvalue weighted by Crippen LogP contribution is 2.52. The van der Waals surface area contributed by atoms with Gasteiger partial charge in [-0.2, -0.15) is 73.7 Å². The second-order valence-corrected chi connectivity index (χ2v) is 44.1. The first-order valence-electron chi connectivity index (χ1n) is 50.2. The molecule has 0 unspecified atom stereocenters. The van der Waals surface area contributed by atoms with Gasteiger partial charge >= 0.3 is 0 Å². The summed E-state index contributed by atoms with van der Waals surface area (Å²) in [7, 11) is 8.32. The zero-order valence-electron chi connectivity index (χ0n) is 86.3. The Hall–Kier alpha value is -13.1. The van der Waals surface area contributed by atoms with E-state index in [0.717, 1.165) is 286 Å². The molecule has 15 rings (SSSR count). The molecule has 5 fully saturated rings. The second-order valence-electron chi connectivity index (χ2n) is 42.8. The van der Waals surface area contributed by atoms with Gasteiger partial charge in [0.15, 0.2) is 0 Å². The molecule has 28 heteroatoms. The summed E-state index contributed by atoms with van der Waals surface area (Å²) in [4.78, 5) is 20.7. The molecule has 3 N–H and O–H groups in total. The minimum atomic E-state index is -0.0143. The van der Waals surface area contributed by atoms with Crippen LogP contribution in [0.3, 0.4) is 0 Å². The Morgan fingerprint density at radius 1 is 0.369 bits per heavy atom. The number of nitrogens with two attached hydrogens (primary N) is 1. The van der Waals surface area contributed by atoms with Crippen LogP contribution in [-0.4, -0.2) is 178 Å². The average Bonchev–Trinajstić information content (AvgIpc) is 1.64. The molecule has 14 aliphatic rings. The van der Waals surface area contributed by atoms with Crippen molar-refractivity contribution in [1.29, 1.82) is 73.7 Å². The number of likely N-dealkylation sites (N-methyl/N-ethyl adjacent to an activating group) is 2. The molecule has 141 heavy (non-hydrogen) atoms. The zero-order chi connectivity index (χ0) is 103. The van der Waals surface area contributed by atoms with Crippen LogP contribution < -0.4 is 15.8 Å². The summed E-state index contributed by atoms with van der Waals surface area (Å²) in [5.41, 5.74) is 27.6. The van der Waals surface area contributed by atoms with E-state index in [9.17, 15) is 31.6 Å². The number of ether oxygens (including phenoxy) is 2. The van der Waals surface area contributed by atoms with Crippen LogP contribution in [0, 0.1) is 186 Å². The fourth-order valence-electron chi connectivity index (χ4n) is 21.8. The van der Waals surface area contributed by atoms with Crippen LogP contribution in [0.25, 0.3) is 0 Å². The Labute approximate surface area is 851 Å². The molecule has 7 heterocycles. The fourth-order valence-corrected chi connectivity index (χ4v) is 23.0. The Morgan fingerprint density at radius 2 is 0.730 bits per heavy atom. The SMILES string of the molecule is CC1(C)CC(=C(C#N)C#N)C(N)=C(N2CCCC2)C1.CC1(C)CC(=C(C#N)C#N)C(OCCOc2ccccc2)=C(N2CCCC2)C1.CC1(C)CC(=C(C#N)C#N)C(S)=C(N2CCCC2)C1.CN(C)CCN(C)C1=C(N2CCCC2)CC(C)(C)CC1=C(C#N)C#N.CN1CCC2=C1CCCC2=C(C#N)C#N.CSC1=C(N2CCCC2)CC(C)(C)CC1=C(C#N)C#N.N#CC(C#N)=C1CCCC2=C1CCCN2. The number of hydrogen-bond donors (Lipinski definition) is 3. The monoisotopic (exact) mass is 1930 g/mol. The smallest absolute Gasteiger partial charge is 0.143 e. The van der Waals surface area contributed by atoms with Gasteiger partial charge in [-0.15, -0.1) is 24.4 Å². The molecule has 7 aliphatic heterocycles. The van der Waals surface area contributed by atoms with Crippen LogP contribution in [0.15, 0.2) is 186 Å². The van der Waals surface area contributed by atoms with Crippen LogP contribution >= 0.6 is 24.4 Å². The highest BCUT2D eigenvalue weighted by atomic mass is 32.2. The molecule has 0 aromatic heterocycles. The van der Waals surface area contributed by atoms with E-state index in [1.54, 1.807) is 11.8 Å². The summed E-state index contributed by atoms with van der Waals surface area (Å²) in [6.07, 6.45) is 31.8. The number of hydrogen-bond acceptors (Lipinski definition) is 28. The van der Waals surface area contributed by atoms with Crippen LogP contribution in [0.4, 0.5) is 0 Å². The first kappa shape index (κ1) is 112. The third kappa shape index (κ3) is 29.8. The largest absolute Gasteiger partial charge is 0.490 e. The molecule has 740 valence electrons. The van der Waals surface area contributed by atoms with Gasteiger partial charge in [0.25, 0.3) is 0 Å². The molecule has 1 aromatic rings. The predicted octanol–water partition coefficient (Wildman–Crippen LogP) is 21.4. The third-order valence-corrected chi connectivity index (χ3v) is 29.9. The highest BCUT2D eigenvalue weighted by molar-refractivity contribution is 8.02. The molecular formula is C113H144N24O2S2. The number of benzene rings is 1. The maximum atomic E-state index is 9.52. The van der Waals surface area contributed by atoms with Crippen molar-refractivity contribution in [2.45, 2.75) is 255 Å². The van der Waals surface area contributed by atoms with Crippen molar-refractivity contribution in [1.82, 2.24) is 44.5 Å². The van der Waals surface area contributed by atoms with E-state index < -0.39 is 0 Å². The number of allylic oxidation sites excluding steroid dienone is 22. The number of nitrogens with one attached hydrogen (secondary N) is 1. The second kappa shape index (κ2) is 52.4. The number of likely N-dealkylation sites (tertiary alicyclic amines) is 5. The number of nitriles is 14. The lowest BCUT2D eigenvalue weighted by Gasteiger charge is -2.42. The van der Waals surface area contributed by atoms with Crippen molar-refractivity contribution in [2.75, 3.05) is 139 Å². The van der Waals surface area contributed by atoms with Gasteiger partial charge in [-0.3, -0.25) is 0 Å². The summed E-state index contributed by atoms with van der Waals surface area (Å²) in [5.74, 6) is 1.52. The molecule has 26 nitrogen and oxygen atoms in total. The molecule has 0 saturated carbocycles. The van der Waals surface area contributed by atoms with E-state index in [1.807, 2.05) is 78.9 Å². The third-order valence-electron chi connectivity index (χ3n) is 28.5. The highest BCUT2D eigenvalue weighted by Gasteiger charge is 2.42. The number of para-hydroxylation sites is 1. The maximum absolute atomic E-state index is 9.52. The molecule has 0 bridgehead atoms. The van der Waals surface area contributed by atoms with Gasteiger partial charge in [0.1, 0.15) is 149 Å². The molecule has 0 spiro atoms. The van der Waals surface area contributed by atoms with Gasteiger partial charge in [-0.1, -0.05) is 87.4 Å². The molecule has 7 aliphatic carbocycles. The van der Waals surface area contributed by atoms with Crippen LogP contribution in [0.5, 0.6) is 5.75 Å². The van der Waals surface area contributed by atoms with Crippen LogP contribution in [0.2, 0.25) is 0 Å². The van der Waals surface area contributed by atoms with Crippen molar-refractivity contribution in [3.8, 4) is 90.7 Å². The summed E-state index contributed by atoms with van der Waals surface area (Å²) in [5, 5.41) is 132. The molecular weight excluding hydrogens is 1790 g/mol. The van der Waals surface area contributed by atoms with Crippen molar-refractivity contribution >= 4 is 24.4 Å². The molecule has 0 atom stereocenters. The standard InChI is InChI=1S/C23H27N3O2.C20H31N5.C16H21N3S.C15H20N4.C15H19N3S.2C12H13N3/c1-23(2)14-20(18(16-24)17-25)22(21(15-23)26-10-6-7-11-26)28-13-12-27-19-8-4-3-5-9-19;1-20(2)12-17(16(14-21)15-22)19(24(5)11-10-23(3)4)18(13-20)25-8-6-7-9-25;1-16(2)8-13(12(10-17)11-18)15(20-3)14(9-16)19-6-4-5-7-19;1-15(2)7-12(11(9-16)10-17)14(18)13(8-15)19-5-3-4-6-19;1-15(2)7-12(11(9-16)10-17)14(19)13(8-15)18-5-3-4-6-18;1-15-6-5-11-10(9(7-13)8-14)3-2-4-12(11)15;13-7-9(8-14)10-3-1-5-12-11(10)4-2-6-15-12/h3-5,8-9H,6-7,10-15H2,1-2H3;6-13H2,1-5H3;4-9H2,1-3H3;3-8,18H2,1-2H3;19H,3-8H2,1-2H3;2-6H2,1H3;15H,1-6H2. The van der Waals surface area contributed by atoms with Gasteiger partial charge in [0.2, 0.25) is 0 Å². The van der Waals surface area contributed by atoms with Crippen molar-refractivity contribution in [3.63, 3.8) is 0 Å². The van der Waals surface area contributed by atoms with E-state index in [4.69, 9.17) is 57.3 Å². The van der Waals surface area contributed by atoms with E-state index in [2.05, 4.69) is 197 Å². The molecule has 0 radical (unpaired) electrons. The fraction of sp³-hybridized carbons (Fsp3) is 0.575. The van der Waals surface area contributed by atoms with Crippen LogP contribution in [0.1, 0.15) is 255 Å². The summed E-state index contributed by atoms with van der Waals surface area (Å²) in [6, 6.07) is 38.3. The van der Waals surface area contributed by atoms with Crippen molar-refractivity contribution in [3.05, 3.63) is 186 Å². The topological polar surface area (TPSA) is 415 Å². The Bertz CT molecular complexity index is 5650. The lowest BCUT2D eigenvalue weighted by molar-refractivity contribution is 0.137. The first-order valence-corrected chi connectivity index (χ1v) is 51.8. The van der Waals surface area contributed by atoms with Gasteiger partial charge in [0.05, 0.1) is 17.1 Å². The predicted molar refractivity (Wildman–Crippen MR) is 554 cm³/mol. The average molecular weight is 1930 g/mol. The van der Waals surface area contributed by atoms with E-state index in [-0.39, 0.29) is 49.4 Å². The van der Waals surface area contributed by atoms with E-state index in [1.165, 1.54) is 95.9 Å². The summed E-state index contributed by atoms with van der Waals surface area (Å²) < 4.78 is 11.9. The van der Waals surface area contributed by atoms with E-state index >= 15 is 0 Å². The first-order chi connectivity index (χ1) is 67.4. The van der Waals surface area contributed by atoms with Crippen molar-refractivity contribution < 1.29 is 9.47 Å². The number of nitrogens with zero attached hydrogens (tertiary/aromatic N) is 22. The minimum absolute atomic E-state index is 0.0143. The van der Waals surface area contributed by atoms with E-state index in [0.29, 0.717) is 48.5 Å². The number of thiol groups is 1. The van der Waals surface area contributed by atoms with Crippen molar-refractivity contribution in [2.24, 2.45) is 32.8 Å². The Kier molecular flexibility index (Phi) is 41.5. The summed E-state index contributed by atoms with van der Waals surface area (Å²) >= 11 is 6.32. The zero-order valence-corrected chi connectivity index (χ0v) is 88.0. The number of rotatable bonds is 15.